The van der Waals surface area contributed by atoms with Crippen molar-refractivity contribution in [1.29, 1.82) is 0 Å². The minimum absolute atomic E-state index is 0.127. The predicted octanol–water partition coefficient (Wildman–Crippen LogP) is 4.62. The van der Waals surface area contributed by atoms with Gasteiger partial charge in [-0.15, -0.1) is 0 Å². The van der Waals surface area contributed by atoms with Gasteiger partial charge in [0, 0.05) is 11.6 Å². The molecule has 1 heterocycles. The molecule has 1 aliphatic rings. The number of phenols is 1. The van der Waals surface area contributed by atoms with E-state index in [9.17, 15) is 14.3 Å². The Kier molecular flexibility index (Phi) is 4.55. The molecule has 0 saturated heterocycles. The van der Waals surface area contributed by atoms with Gasteiger partial charge in [0.05, 0.1) is 18.2 Å². The van der Waals surface area contributed by atoms with Crippen LogP contribution in [0.1, 0.15) is 35.3 Å². The van der Waals surface area contributed by atoms with Gasteiger partial charge in [-0.3, -0.25) is 4.79 Å². The van der Waals surface area contributed by atoms with Crippen LogP contribution in [0.2, 0.25) is 0 Å². The maximum atomic E-state index is 13.9. The van der Waals surface area contributed by atoms with Gasteiger partial charge in [0.2, 0.25) is 0 Å². The lowest BCUT2D eigenvalue weighted by atomic mass is 9.98. The van der Waals surface area contributed by atoms with Crippen LogP contribution in [0.25, 0.3) is 12.2 Å². The number of fused-ring (bicyclic) bond motifs is 1. The highest BCUT2D eigenvalue weighted by Crippen LogP contribution is 2.38. The monoisotopic (exact) mass is 354 g/mol. The molecule has 0 atom stereocenters. The summed E-state index contributed by atoms with van der Waals surface area (Å²) in [5.74, 6) is -0.177. The highest BCUT2D eigenvalue weighted by atomic mass is 19.1. The Bertz CT molecular complexity index is 926. The van der Waals surface area contributed by atoms with Crippen molar-refractivity contribution in [3.63, 3.8) is 0 Å². The van der Waals surface area contributed by atoms with Crippen molar-refractivity contribution in [2.45, 2.75) is 19.4 Å². The lowest BCUT2D eigenvalue weighted by molar-refractivity contribution is 0.104. The zero-order valence-corrected chi connectivity index (χ0v) is 14.7. The molecule has 4 nitrogen and oxygen atoms in total. The summed E-state index contributed by atoms with van der Waals surface area (Å²) in [6.45, 7) is 3.80. The normalized spacial score (nSPS) is 14.8. The average molecular weight is 354 g/mol. The second-order valence-corrected chi connectivity index (χ2v) is 6.50. The first-order valence-corrected chi connectivity index (χ1v) is 8.11. The SMILES string of the molecule is COc1ccc(/C=C/C(=O)c2ccc3c(c2O)C=CC(C)(C)O3)c(F)c1. The van der Waals surface area contributed by atoms with Gasteiger partial charge in [0.25, 0.3) is 0 Å². The molecular weight excluding hydrogens is 335 g/mol. The van der Waals surface area contributed by atoms with Crippen LogP contribution in [0.5, 0.6) is 17.2 Å². The van der Waals surface area contributed by atoms with Crippen LogP contribution in [-0.2, 0) is 0 Å². The van der Waals surface area contributed by atoms with Crippen LogP contribution >= 0.6 is 0 Å². The van der Waals surface area contributed by atoms with Gasteiger partial charge in [0.1, 0.15) is 28.7 Å². The zero-order valence-electron chi connectivity index (χ0n) is 14.7. The summed E-state index contributed by atoms with van der Waals surface area (Å²) in [4.78, 5) is 12.4. The number of carbonyl (C=O) groups excluding carboxylic acids is 1. The Morgan fingerprint density at radius 2 is 2.04 bits per heavy atom. The standard InChI is InChI=1S/C21H19FO4/c1-21(2)11-10-16-19(26-21)9-7-15(20(16)24)18(23)8-5-13-4-6-14(25-3)12-17(13)22/h4-12,24H,1-3H3/b8-5+. The molecule has 0 fully saturated rings. The number of hydrogen-bond acceptors (Lipinski definition) is 4. The molecule has 0 radical (unpaired) electrons. The van der Waals surface area contributed by atoms with E-state index in [1.54, 1.807) is 18.2 Å². The number of carbonyl (C=O) groups is 1. The lowest BCUT2D eigenvalue weighted by Crippen LogP contribution is -2.27. The molecule has 1 aliphatic heterocycles. The largest absolute Gasteiger partial charge is 0.506 e. The van der Waals surface area contributed by atoms with E-state index >= 15 is 0 Å². The number of phenolic OH excluding ortho intramolecular Hbond substituents is 1. The van der Waals surface area contributed by atoms with E-state index in [2.05, 4.69) is 0 Å². The number of rotatable bonds is 4. The number of ether oxygens (including phenoxy) is 2. The summed E-state index contributed by atoms with van der Waals surface area (Å²) >= 11 is 0. The van der Waals surface area contributed by atoms with E-state index < -0.39 is 17.2 Å². The van der Waals surface area contributed by atoms with E-state index in [-0.39, 0.29) is 16.9 Å². The number of benzene rings is 2. The molecule has 0 unspecified atom stereocenters. The van der Waals surface area contributed by atoms with Crippen LogP contribution in [0.15, 0.2) is 42.5 Å². The number of methoxy groups -OCH3 is 1. The molecule has 0 saturated carbocycles. The van der Waals surface area contributed by atoms with Crippen molar-refractivity contribution in [1.82, 2.24) is 0 Å². The molecule has 0 spiro atoms. The Labute approximate surface area is 151 Å². The molecule has 2 aromatic rings. The molecule has 0 bridgehead atoms. The van der Waals surface area contributed by atoms with Gasteiger partial charge in [-0.1, -0.05) is 0 Å². The minimum Gasteiger partial charge on any atom is -0.506 e. The van der Waals surface area contributed by atoms with Crippen LogP contribution in [0.4, 0.5) is 4.39 Å². The fourth-order valence-electron chi connectivity index (χ4n) is 2.67. The first kappa shape index (κ1) is 17.7. The van der Waals surface area contributed by atoms with E-state index in [1.807, 2.05) is 19.9 Å². The number of halogens is 1. The molecule has 0 amide bonds. The summed E-state index contributed by atoms with van der Waals surface area (Å²) in [6, 6.07) is 7.51. The van der Waals surface area contributed by atoms with Crippen LogP contribution in [0.3, 0.4) is 0 Å². The Morgan fingerprint density at radius 3 is 2.73 bits per heavy atom. The van der Waals surface area contributed by atoms with Gasteiger partial charge in [-0.25, -0.2) is 4.39 Å². The van der Waals surface area contributed by atoms with Gasteiger partial charge in [0.15, 0.2) is 5.78 Å². The number of hydrogen-bond donors (Lipinski definition) is 1. The quantitative estimate of drug-likeness (QED) is 0.643. The van der Waals surface area contributed by atoms with E-state index in [0.29, 0.717) is 17.1 Å². The Balaban J connectivity index is 1.87. The molecule has 0 aliphatic carbocycles. The minimum atomic E-state index is -0.498. The highest BCUT2D eigenvalue weighted by molar-refractivity contribution is 6.09. The fourth-order valence-corrected chi connectivity index (χ4v) is 2.67. The predicted molar refractivity (Wildman–Crippen MR) is 98.2 cm³/mol. The molecule has 1 N–H and O–H groups in total. The second kappa shape index (κ2) is 6.67. The first-order chi connectivity index (χ1) is 12.3. The smallest absolute Gasteiger partial charge is 0.189 e. The van der Waals surface area contributed by atoms with E-state index in [0.717, 1.165) is 0 Å². The van der Waals surface area contributed by atoms with Gasteiger partial charge in [-0.05, 0) is 62.4 Å². The Morgan fingerprint density at radius 1 is 1.27 bits per heavy atom. The summed E-state index contributed by atoms with van der Waals surface area (Å²) in [6.07, 6.45) is 6.14. The Hall–Kier alpha value is -3.08. The number of allylic oxidation sites excluding steroid dienone is 1. The van der Waals surface area contributed by atoms with E-state index in [1.165, 1.54) is 37.5 Å². The molecular formula is C21H19FO4. The third kappa shape index (κ3) is 3.47. The molecule has 134 valence electrons. The number of aromatic hydroxyl groups is 1. The van der Waals surface area contributed by atoms with E-state index in [4.69, 9.17) is 9.47 Å². The average Bonchev–Trinajstić information content (AvgIpc) is 2.59. The molecule has 3 rings (SSSR count). The fraction of sp³-hybridized carbons (Fsp3) is 0.190. The van der Waals surface area contributed by atoms with Crippen LogP contribution in [-0.4, -0.2) is 23.6 Å². The maximum Gasteiger partial charge on any atom is 0.189 e. The van der Waals surface area contributed by atoms with Crippen molar-refractivity contribution in [2.24, 2.45) is 0 Å². The summed E-state index contributed by atoms with van der Waals surface area (Å²) in [7, 11) is 1.45. The third-order valence-corrected chi connectivity index (χ3v) is 4.09. The third-order valence-electron chi connectivity index (χ3n) is 4.09. The summed E-state index contributed by atoms with van der Waals surface area (Å²) < 4.78 is 24.7. The highest BCUT2D eigenvalue weighted by Gasteiger charge is 2.25. The van der Waals surface area contributed by atoms with Crippen LogP contribution in [0, 0.1) is 5.82 Å². The topological polar surface area (TPSA) is 55.8 Å². The molecule has 0 aromatic heterocycles. The number of ketones is 1. The van der Waals surface area contributed by atoms with Gasteiger partial charge >= 0.3 is 0 Å². The maximum absolute atomic E-state index is 13.9. The van der Waals surface area contributed by atoms with Gasteiger partial charge in [-0.2, -0.15) is 0 Å². The zero-order chi connectivity index (χ0) is 18.9. The van der Waals surface area contributed by atoms with Crippen LogP contribution < -0.4 is 9.47 Å². The van der Waals surface area contributed by atoms with Crippen molar-refractivity contribution in [3.05, 3.63) is 65.0 Å². The molecule has 2 aromatic carbocycles. The lowest BCUT2D eigenvalue weighted by Gasteiger charge is -2.28. The van der Waals surface area contributed by atoms with Crippen molar-refractivity contribution in [2.75, 3.05) is 7.11 Å². The first-order valence-electron chi connectivity index (χ1n) is 8.11. The van der Waals surface area contributed by atoms with Crippen molar-refractivity contribution >= 4 is 17.9 Å². The second-order valence-electron chi connectivity index (χ2n) is 6.50. The van der Waals surface area contributed by atoms with Gasteiger partial charge < -0.3 is 14.6 Å². The summed E-state index contributed by atoms with van der Waals surface area (Å²) in [5.41, 5.74) is 0.360. The molecule has 26 heavy (non-hydrogen) atoms. The van der Waals surface area contributed by atoms with Crippen molar-refractivity contribution in [3.8, 4) is 17.2 Å². The summed E-state index contributed by atoms with van der Waals surface area (Å²) in [5, 5.41) is 10.4. The van der Waals surface area contributed by atoms with Crippen molar-refractivity contribution < 1.29 is 23.8 Å². The molecule has 5 heteroatoms.